The van der Waals surface area contributed by atoms with Crippen molar-refractivity contribution in [3.8, 4) is 22.5 Å². The van der Waals surface area contributed by atoms with Gasteiger partial charge in [-0.2, -0.15) is 0 Å². The molecule has 0 N–H and O–H groups in total. The molecule has 8 aromatic rings. The summed E-state index contributed by atoms with van der Waals surface area (Å²) in [6.07, 6.45) is 1.91. The Balaban J connectivity index is 1.49. The van der Waals surface area contributed by atoms with E-state index in [2.05, 4.69) is 138 Å². The summed E-state index contributed by atoms with van der Waals surface area (Å²) in [5.41, 5.74) is 13.4. The van der Waals surface area contributed by atoms with Crippen molar-refractivity contribution in [1.82, 2.24) is 14.1 Å². The molecular formula is C38H27N3. The highest BCUT2D eigenvalue weighted by Crippen LogP contribution is 2.53. The van der Waals surface area contributed by atoms with E-state index < -0.39 is 0 Å². The molecule has 194 valence electrons. The molecule has 0 unspecified atom stereocenters. The van der Waals surface area contributed by atoms with Gasteiger partial charge in [0.2, 0.25) is 0 Å². The number of hydrogen-bond donors (Lipinski definition) is 0. The van der Waals surface area contributed by atoms with E-state index in [1.165, 1.54) is 49.4 Å². The normalized spacial score (nSPS) is 13.8. The summed E-state index contributed by atoms with van der Waals surface area (Å²) in [5, 5.41) is 3.73. The van der Waals surface area contributed by atoms with E-state index in [0.29, 0.717) is 0 Å². The lowest BCUT2D eigenvalue weighted by Crippen LogP contribution is -2.16. The Labute approximate surface area is 237 Å². The molecule has 0 saturated carbocycles. The number of pyridine rings is 1. The number of aromatic nitrogens is 3. The van der Waals surface area contributed by atoms with Crippen LogP contribution >= 0.6 is 0 Å². The van der Waals surface area contributed by atoms with Crippen LogP contribution in [0.3, 0.4) is 0 Å². The van der Waals surface area contributed by atoms with Crippen LogP contribution < -0.4 is 0 Å². The summed E-state index contributed by atoms with van der Waals surface area (Å²) in [6.45, 7) is 4.76. The Bertz CT molecular complexity index is 2330. The van der Waals surface area contributed by atoms with Crippen molar-refractivity contribution < 1.29 is 0 Å². The Morgan fingerprint density at radius 3 is 2.22 bits per heavy atom. The van der Waals surface area contributed by atoms with Crippen LogP contribution in [0.1, 0.15) is 25.0 Å². The zero-order valence-electron chi connectivity index (χ0n) is 23.0. The van der Waals surface area contributed by atoms with Gasteiger partial charge >= 0.3 is 0 Å². The van der Waals surface area contributed by atoms with Crippen LogP contribution in [-0.4, -0.2) is 14.1 Å². The zero-order chi connectivity index (χ0) is 27.3. The zero-order valence-corrected chi connectivity index (χ0v) is 23.0. The van der Waals surface area contributed by atoms with E-state index in [1.54, 1.807) is 0 Å². The number of hydrogen-bond acceptors (Lipinski definition) is 1. The first-order valence-corrected chi connectivity index (χ1v) is 14.2. The molecule has 3 nitrogen and oxygen atoms in total. The average molecular weight is 526 g/mol. The van der Waals surface area contributed by atoms with Gasteiger partial charge in [-0.15, -0.1) is 0 Å². The fourth-order valence-corrected chi connectivity index (χ4v) is 7.46. The smallest absolute Gasteiger partial charge is 0.0984 e. The number of nitrogens with zero attached hydrogens (tertiary/aromatic N) is 3. The van der Waals surface area contributed by atoms with Crippen LogP contribution in [0.15, 0.2) is 128 Å². The summed E-state index contributed by atoms with van der Waals surface area (Å²) in [4.78, 5) is 4.99. The number of para-hydroxylation sites is 2. The van der Waals surface area contributed by atoms with E-state index in [4.69, 9.17) is 4.98 Å². The van der Waals surface area contributed by atoms with Gasteiger partial charge in [0.05, 0.1) is 38.7 Å². The third kappa shape index (κ3) is 2.85. The maximum Gasteiger partial charge on any atom is 0.0984 e. The Morgan fingerprint density at radius 2 is 1.32 bits per heavy atom. The molecule has 0 spiro atoms. The van der Waals surface area contributed by atoms with E-state index in [0.717, 1.165) is 27.9 Å². The second-order valence-electron chi connectivity index (χ2n) is 11.6. The third-order valence-electron chi connectivity index (χ3n) is 9.13. The second-order valence-corrected chi connectivity index (χ2v) is 11.6. The predicted octanol–water partition coefficient (Wildman–Crippen LogP) is 9.58. The number of fused-ring (bicyclic) bond motifs is 10. The van der Waals surface area contributed by atoms with Gasteiger partial charge in [-0.3, -0.25) is 4.98 Å². The molecule has 0 fully saturated rings. The van der Waals surface area contributed by atoms with Crippen molar-refractivity contribution in [1.29, 1.82) is 0 Å². The molecule has 0 aliphatic heterocycles. The molecule has 0 amide bonds. The molecule has 1 aliphatic carbocycles. The predicted molar refractivity (Wildman–Crippen MR) is 170 cm³/mol. The van der Waals surface area contributed by atoms with Crippen LogP contribution in [-0.2, 0) is 5.41 Å². The Kier molecular flexibility index (Phi) is 4.39. The summed E-state index contributed by atoms with van der Waals surface area (Å²) >= 11 is 0. The number of rotatable bonds is 2. The largest absolute Gasteiger partial charge is 0.308 e. The molecule has 41 heavy (non-hydrogen) atoms. The first-order valence-electron chi connectivity index (χ1n) is 14.2. The quantitative estimate of drug-likeness (QED) is 0.220. The van der Waals surface area contributed by atoms with Gasteiger partial charge in [0, 0.05) is 28.1 Å². The minimum absolute atomic E-state index is 0.137. The molecule has 3 heteroatoms. The van der Waals surface area contributed by atoms with E-state index >= 15 is 0 Å². The van der Waals surface area contributed by atoms with Crippen molar-refractivity contribution in [2.24, 2.45) is 0 Å². The molecule has 3 aromatic heterocycles. The van der Waals surface area contributed by atoms with Crippen molar-refractivity contribution in [3.63, 3.8) is 0 Å². The molecule has 3 heterocycles. The molecular weight excluding hydrogens is 498 g/mol. The van der Waals surface area contributed by atoms with Crippen LogP contribution in [0.25, 0.3) is 66.2 Å². The maximum absolute atomic E-state index is 4.99. The molecule has 9 rings (SSSR count). The minimum atomic E-state index is -0.137. The molecule has 0 atom stereocenters. The van der Waals surface area contributed by atoms with Crippen LogP contribution in [0, 0.1) is 0 Å². The lowest BCUT2D eigenvalue weighted by Gasteiger charge is -2.24. The summed E-state index contributed by atoms with van der Waals surface area (Å²) in [5.74, 6) is 0. The van der Waals surface area contributed by atoms with E-state index in [-0.39, 0.29) is 5.41 Å². The van der Waals surface area contributed by atoms with Gasteiger partial charge in [-0.25, -0.2) is 0 Å². The summed E-state index contributed by atoms with van der Waals surface area (Å²) in [7, 11) is 0. The van der Waals surface area contributed by atoms with E-state index in [9.17, 15) is 0 Å². The van der Waals surface area contributed by atoms with Crippen LogP contribution in [0.2, 0.25) is 0 Å². The van der Waals surface area contributed by atoms with Gasteiger partial charge in [-0.05, 0) is 64.7 Å². The van der Waals surface area contributed by atoms with Crippen molar-refractivity contribution in [2.45, 2.75) is 19.3 Å². The highest BCUT2D eigenvalue weighted by molar-refractivity contribution is 6.17. The highest BCUT2D eigenvalue weighted by Gasteiger charge is 2.38. The highest BCUT2D eigenvalue weighted by atomic mass is 15.0. The minimum Gasteiger partial charge on any atom is -0.308 e. The Morgan fingerprint density at radius 1 is 0.561 bits per heavy atom. The number of benzene rings is 5. The van der Waals surface area contributed by atoms with Crippen LogP contribution in [0.4, 0.5) is 0 Å². The second kappa shape index (κ2) is 7.96. The average Bonchev–Trinajstić information content (AvgIpc) is 3.61. The van der Waals surface area contributed by atoms with Gasteiger partial charge in [0.25, 0.3) is 0 Å². The lowest BCUT2D eigenvalue weighted by molar-refractivity contribution is 0.664. The fourth-order valence-electron chi connectivity index (χ4n) is 7.46. The maximum atomic E-state index is 4.99. The molecule has 0 radical (unpaired) electrons. The SMILES string of the molecule is CC1(C)c2ccccc2-c2ccc3c4ccccc4n(-c4cccc5c4c4ncccc4n5-c4ccccc4)c3c21. The van der Waals surface area contributed by atoms with Crippen molar-refractivity contribution >= 4 is 43.7 Å². The molecule has 1 aliphatic rings. The molecule has 5 aromatic carbocycles. The lowest BCUT2D eigenvalue weighted by atomic mass is 9.81. The summed E-state index contributed by atoms with van der Waals surface area (Å²) in [6, 6.07) is 43.9. The topological polar surface area (TPSA) is 22.8 Å². The third-order valence-corrected chi connectivity index (χ3v) is 9.13. The van der Waals surface area contributed by atoms with Crippen molar-refractivity contribution in [2.75, 3.05) is 0 Å². The molecule has 0 bridgehead atoms. The monoisotopic (exact) mass is 525 g/mol. The Hall–Kier alpha value is -5.15. The van der Waals surface area contributed by atoms with Crippen LogP contribution in [0.5, 0.6) is 0 Å². The van der Waals surface area contributed by atoms with Gasteiger partial charge in [0.1, 0.15) is 0 Å². The first-order chi connectivity index (χ1) is 20.1. The van der Waals surface area contributed by atoms with E-state index in [1.807, 2.05) is 12.3 Å². The molecule has 0 saturated heterocycles. The van der Waals surface area contributed by atoms with Crippen molar-refractivity contribution in [3.05, 3.63) is 139 Å². The fraction of sp³-hybridized carbons (Fsp3) is 0.0789. The standard InChI is InChI=1S/C38H27N3/c1-38(2)29-16-8-6-14-25(29)27-21-22-28-26-15-7-9-17-30(26)41(37(28)35(27)38)32-19-10-18-31-34(32)36-33(20-11-23-39-36)40(31)24-12-4-3-5-13-24/h3-23H,1-2H3. The van der Waals surface area contributed by atoms with Gasteiger partial charge in [-0.1, -0.05) is 92.7 Å². The van der Waals surface area contributed by atoms with Gasteiger partial charge < -0.3 is 9.13 Å². The first kappa shape index (κ1) is 22.6. The van der Waals surface area contributed by atoms with Gasteiger partial charge in [0.15, 0.2) is 0 Å². The summed E-state index contributed by atoms with van der Waals surface area (Å²) < 4.78 is 4.86.